The van der Waals surface area contributed by atoms with Gasteiger partial charge in [0.15, 0.2) is 11.0 Å². The van der Waals surface area contributed by atoms with E-state index in [1.165, 1.54) is 11.8 Å². The molecule has 108 valence electrons. The van der Waals surface area contributed by atoms with Crippen LogP contribution in [-0.2, 0) is 0 Å². The quantitative estimate of drug-likeness (QED) is 0.534. The van der Waals surface area contributed by atoms with Gasteiger partial charge in [-0.3, -0.25) is 9.55 Å². The van der Waals surface area contributed by atoms with Gasteiger partial charge in [-0.2, -0.15) is 5.26 Å². The standard InChI is InChI=1S/C16H13N5S/c17-9-5-11-22-16-20-19-15(13-6-4-10-18-12-13)21(16)14-7-2-1-3-8-14/h1-4,6-8,10,12H,5,11H2. The molecular formula is C16H13N5S. The van der Waals surface area contributed by atoms with Gasteiger partial charge >= 0.3 is 0 Å². The third-order valence-corrected chi connectivity index (χ3v) is 3.94. The number of nitriles is 1. The van der Waals surface area contributed by atoms with E-state index in [2.05, 4.69) is 21.3 Å². The third kappa shape index (κ3) is 3.00. The van der Waals surface area contributed by atoms with Crippen molar-refractivity contribution in [2.45, 2.75) is 11.6 Å². The first-order valence-electron chi connectivity index (χ1n) is 6.81. The zero-order chi connectivity index (χ0) is 15.2. The first kappa shape index (κ1) is 14.3. The molecule has 0 unspecified atom stereocenters. The topological polar surface area (TPSA) is 67.4 Å². The summed E-state index contributed by atoms with van der Waals surface area (Å²) in [7, 11) is 0. The van der Waals surface area contributed by atoms with E-state index < -0.39 is 0 Å². The van der Waals surface area contributed by atoms with E-state index in [4.69, 9.17) is 5.26 Å². The Hall–Kier alpha value is -2.65. The second-order valence-electron chi connectivity index (χ2n) is 4.48. The van der Waals surface area contributed by atoms with Gasteiger partial charge in [0, 0.05) is 35.8 Å². The molecule has 3 rings (SSSR count). The highest BCUT2D eigenvalue weighted by atomic mass is 32.2. The molecular weight excluding hydrogens is 294 g/mol. The summed E-state index contributed by atoms with van der Waals surface area (Å²) in [6.07, 6.45) is 3.98. The molecule has 1 aromatic carbocycles. The van der Waals surface area contributed by atoms with E-state index in [0.717, 1.165) is 22.2 Å². The van der Waals surface area contributed by atoms with Crippen LogP contribution >= 0.6 is 11.8 Å². The molecule has 2 aromatic heterocycles. The molecule has 0 radical (unpaired) electrons. The smallest absolute Gasteiger partial charge is 0.196 e. The SMILES string of the molecule is N#CCCSc1nnc(-c2cccnc2)n1-c1ccccc1. The molecule has 2 heterocycles. The molecule has 6 heteroatoms. The summed E-state index contributed by atoms with van der Waals surface area (Å²) in [5.41, 5.74) is 1.90. The first-order valence-corrected chi connectivity index (χ1v) is 7.79. The van der Waals surface area contributed by atoms with E-state index >= 15 is 0 Å². The lowest BCUT2D eigenvalue weighted by atomic mass is 10.2. The number of aromatic nitrogens is 4. The van der Waals surface area contributed by atoms with Gasteiger partial charge in [0.2, 0.25) is 0 Å². The predicted molar refractivity (Wildman–Crippen MR) is 85.5 cm³/mol. The van der Waals surface area contributed by atoms with Crippen molar-refractivity contribution in [3.8, 4) is 23.1 Å². The lowest BCUT2D eigenvalue weighted by Gasteiger charge is -2.09. The fourth-order valence-electron chi connectivity index (χ4n) is 2.04. The van der Waals surface area contributed by atoms with E-state index in [0.29, 0.717) is 12.2 Å². The lowest BCUT2D eigenvalue weighted by molar-refractivity contribution is 0.885. The predicted octanol–water partition coefficient (Wildman–Crippen LogP) is 3.34. The number of nitrogens with zero attached hydrogens (tertiary/aromatic N) is 5. The van der Waals surface area contributed by atoms with Crippen molar-refractivity contribution in [2.75, 3.05) is 5.75 Å². The van der Waals surface area contributed by atoms with Gasteiger partial charge in [-0.05, 0) is 24.3 Å². The average molecular weight is 307 g/mol. The maximum atomic E-state index is 8.70. The van der Waals surface area contributed by atoms with Crippen molar-refractivity contribution < 1.29 is 0 Å². The van der Waals surface area contributed by atoms with Crippen molar-refractivity contribution in [1.82, 2.24) is 19.7 Å². The molecule has 0 aliphatic heterocycles. The largest absolute Gasteiger partial charge is 0.270 e. The van der Waals surface area contributed by atoms with Crippen LogP contribution in [-0.4, -0.2) is 25.5 Å². The van der Waals surface area contributed by atoms with Crippen LogP contribution in [0.25, 0.3) is 17.1 Å². The molecule has 0 aliphatic carbocycles. The molecule has 3 aromatic rings. The van der Waals surface area contributed by atoms with Crippen molar-refractivity contribution >= 4 is 11.8 Å². The number of hydrogen-bond acceptors (Lipinski definition) is 5. The lowest BCUT2D eigenvalue weighted by Crippen LogP contribution is -1.99. The van der Waals surface area contributed by atoms with Crippen molar-refractivity contribution in [3.63, 3.8) is 0 Å². The second kappa shape index (κ2) is 6.87. The highest BCUT2D eigenvalue weighted by molar-refractivity contribution is 7.99. The molecule has 0 bridgehead atoms. The van der Waals surface area contributed by atoms with Crippen LogP contribution in [0.2, 0.25) is 0 Å². The van der Waals surface area contributed by atoms with Crippen molar-refractivity contribution in [3.05, 3.63) is 54.9 Å². The molecule has 0 aliphatic rings. The number of hydrogen-bond donors (Lipinski definition) is 0. The summed E-state index contributed by atoms with van der Waals surface area (Å²) in [6.45, 7) is 0. The van der Waals surface area contributed by atoms with Crippen LogP contribution in [0.15, 0.2) is 60.0 Å². The van der Waals surface area contributed by atoms with Crippen LogP contribution in [0.4, 0.5) is 0 Å². The zero-order valence-corrected chi connectivity index (χ0v) is 12.6. The van der Waals surface area contributed by atoms with E-state index in [-0.39, 0.29) is 0 Å². The van der Waals surface area contributed by atoms with Crippen LogP contribution in [0.3, 0.4) is 0 Å². The van der Waals surface area contributed by atoms with Crippen LogP contribution in [0.1, 0.15) is 6.42 Å². The maximum Gasteiger partial charge on any atom is 0.196 e. The number of thioether (sulfide) groups is 1. The summed E-state index contributed by atoms with van der Waals surface area (Å²) >= 11 is 1.53. The molecule has 0 atom stereocenters. The Balaban J connectivity index is 2.06. The van der Waals surface area contributed by atoms with Gasteiger partial charge in [0.05, 0.1) is 6.07 Å². The summed E-state index contributed by atoms with van der Waals surface area (Å²) in [4.78, 5) is 4.15. The molecule has 0 saturated carbocycles. The number of pyridine rings is 1. The Kier molecular flexibility index (Phi) is 4.47. The number of benzene rings is 1. The summed E-state index contributed by atoms with van der Waals surface area (Å²) in [6, 6.07) is 15.9. The Morgan fingerprint density at radius 3 is 2.68 bits per heavy atom. The molecule has 0 N–H and O–H groups in total. The van der Waals surface area contributed by atoms with E-state index in [1.54, 1.807) is 12.4 Å². The zero-order valence-electron chi connectivity index (χ0n) is 11.8. The average Bonchev–Trinajstić information content (AvgIpc) is 3.01. The molecule has 0 saturated heterocycles. The van der Waals surface area contributed by atoms with E-state index in [1.807, 2.05) is 47.0 Å². The fourth-order valence-corrected chi connectivity index (χ4v) is 2.84. The Bertz CT molecular complexity index is 777. The van der Waals surface area contributed by atoms with E-state index in [9.17, 15) is 0 Å². The van der Waals surface area contributed by atoms with Gasteiger partial charge < -0.3 is 0 Å². The summed E-state index contributed by atoms with van der Waals surface area (Å²) in [5.74, 6) is 1.44. The maximum absolute atomic E-state index is 8.70. The minimum Gasteiger partial charge on any atom is -0.270 e. The number of para-hydroxylation sites is 1. The van der Waals surface area contributed by atoms with Crippen molar-refractivity contribution in [1.29, 1.82) is 5.26 Å². The molecule has 0 fully saturated rings. The van der Waals surface area contributed by atoms with Gasteiger partial charge in [-0.25, -0.2) is 0 Å². The summed E-state index contributed by atoms with van der Waals surface area (Å²) in [5, 5.41) is 18.1. The van der Waals surface area contributed by atoms with Crippen LogP contribution < -0.4 is 0 Å². The monoisotopic (exact) mass is 307 g/mol. The third-order valence-electron chi connectivity index (χ3n) is 3.01. The van der Waals surface area contributed by atoms with Gasteiger partial charge in [0.25, 0.3) is 0 Å². The Labute approximate surface area is 132 Å². The minimum absolute atomic E-state index is 0.481. The molecule has 22 heavy (non-hydrogen) atoms. The second-order valence-corrected chi connectivity index (χ2v) is 5.54. The van der Waals surface area contributed by atoms with Crippen LogP contribution in [0, 0.1) is 11.3 Å². The molecule has 5 nitrogen and oxygen atoms in total. The molecule has 0 amide bonds. The highest BCUT2D eigenvalue weighted by Gasteiger charge is 2.15. The minimum atomic E-state index is 0.481. The van der Waals surface area contributed by atoms with Gasteiger partial charge in [-0.1, -0.05) is 30.0 Å². The van der Waals surface area contributed by atoms with Crippen LogP contribution in [0.5, 0.6) is 0 Å². The number of rotatable bonds is 5. The highest BCUT2D eigenvalue weighted by Crippen LogP contribution is 2.27. The first-order chi connectivity index (χ1) is 10.9. The van der Waals surface area contributed by atoms with Gasteiger partial charge in [0.1, 0.15) is 0 Å². The summed E-state index contributed by atoms with van der Waals surface area (Å²) < 4.78 is 2.00. The Morgan fingerprint density at radius 1 is 1.09 bits per heavy atom. The normalized spacial score (nSPS) is 10.3. The Morgan fingerprint density at radius 2 is 1.95 bits per heavy atom. The molecule has 0 spiro atoms. The van der Waals surface area contributed by atoms with Gasteiger partial charge in [-0.15, -0.1) is 10.2 Å². The fraction of sp³-hybridized carbons (Fsp3) is 0.125. The van der Waals surface area contributed by atoms with Crippen molar-refractivity contribution in [2.24, 2.45) is 0 Å².